The molecule has 0 unspecified atom stereocenters. The van der Waals surface area contributed by atoms with Gasteiger partial charge in [0, 0.05) is 24.6 Å². The number of nitrogens with one attached hydrogen (secondary N) is 1. The van der Waals surface area contributed by atoms with Crippen LogP contribution >= 0.6 is 0 Å². The number of aryl methyl sites for hydroxylation is 3. The third kappa shape index (κ3) is 9.63. The number of methoxy groups -OCH3 is 2. The lowest BCUT2D eigenvalue weighted by molar-refractivity contribution is -0.140. The third-order valence-electron chi connectivity index (χ3n) is 7.92. The van der Waals surface area contributed by atoms with E-state index >= 15 is 0 Å². The molecule has 0 fully saturated rings. The Labute approximate surface area is 290 Å². The zero-order valence-electron chi connectivity index (χ0n) is 29.6. The molecule has 0 radical (unpaired) electrons. The van der Waals surface area contributed by atoms with Crippen LogP contribution in [0.4, 0.5) is 5.69 Å². The molecule has 4 aromatic rings. The molecule has 0 heterocycles. The monoisotopic (exact) mass is 685 g/mol. The summed E-state index contributed by atoms with van der Waals surface area (Å²) in [5, 5.41) is 3.06. The van der Waals surface area contributed by atoms with Gasteiger partial charge in [-0.1, -0.05) is 66.2 Å². The zero-order valence-corrected chi connectivity index (χ0v) is 30.4. The maximum Gasteiger partial charge on any atom is 0.264 e. The van der Waals surface area contributed by atoms with Crippen LogP contribution in [0.25, 0.3) is 0 Å². The van der Waals surface area contributed by atoms with E-state index in [1.807, 2.05) is 102 Å². The normalized spacial score (nSPS) is 12.2. The predicted octanol–water partition coefficient (Wildman–Crippen LogP) is 6.38. The smallest absolute Gasteiger partial charge is 0.264 e. The zero-order chi connectivity index (χ0) is 35.9. The van der Waals surface area contributed by atoms with E-state index in [0.717, 1.165) is 32.1 Å². The molecule has 49 heavy (non-hydrogen) atoms. The van der Waals surface area contributed by atoms with Crippen LogP contribution in [-0.4, -0.2) is 57.5 Å². The summed E-state index contributed by atoms with van der Waals surface area (Å²) < 4.78 is 41.0. The summed E-state index contributed by atoms with van der Waals surface area (Å²) in [5.74, 6) is -0.265. The van der Waals surface area contributed by atoms with Crippen LogP contribution in [0.5, 0.6) is 11.5 Å². The van der Waals surface area contributed by atoms with Crippen molar-refractivity contribution in [1.29, 1.82) is 0 Å². The van der Waals surface area contributed by atoms with Gasteiger partial charge in [-0.25, -0.2) is 8.42 Å². The molecule has 0 aromatic heterocycles. The van der Waals surface area contributed by atoms with Crippen molar-refractivity contribution in [2.45, 2.75) is 71.0 Å². The van der Waals surface area contributed by atoms with E-state index in [2.05, 4.69) is 5.32 Å². The lowest BCUT2D eigenvalue weighted by Gasteiger charge is -2.35. The largest absolute Gasteiger partial charge is 0.493 e. The summed E-state index contributed by atoms with van der Waals surface area (Å²) in [5.41, 5.74) is 4.09. The van der Waals surface area contributed by atoms with Crippen molar-refractivity contribution in [2.24, 2.45) is 0 Å². The lowest BCUT2D eigenvalue weighted by atomic mass is 10.0. The molecule has 0 aliphatic rings. The minimum Gasteiger partial charge on any atom is -0.493 e. The molecular weight excluding hydrogens is 639 g/mol. The average molecular weight is 686 g/mol. The molecular formula is C39H47N3O6S. The van der Waals surface area contributed by atoms with Crippen molar-refractivity contribution in [3.63, 3.8) is 0 Å². The molecule has 0 saturated heterocycles. The standard InChI is InChI=1S/C39H47N3O6S/c1-27-13-12-16-31(20-27)25-41(34(38(44)40-39(4,5)6)23-30-14-10-9-11-15-30)37(43)26-42(32-21-28(2)19-29(3)22-32)49(45,46)33-17-18-35(47-7)36(24-33)48-8/h9-22,24,34H,23,25-26H2,1-8H3,(H,40,44)/t34-/m1/s1. The van der Waals surface area contributed by atoms with Crippen molar-refractivity contribution in [3.05, 3.63) is 119 Å². The van der Waals surface area contributed by atoms with Gasteiger partial charge in [-0.2, -0.15) is 0 Å². The van der Waals surface area contributed by atoms with Crippen molar-refractivity contribution >= 4 is 27.5 Å². The van der Waals surface area contributed by atoms with Gasteiger partial charge in [-0.3, -0.25) is 13.9 Å². The summed E-state index contributed by atoms with van der Waals surface area (Å²) in [6.07, 6.45) is 0.228. The number of amides is 2. The van der Waals surface area contributed by atoms with E-state index in [1.54, 1.807) is 12.1 Å². The van der Waals surface area contributed by atoms with E-state index in [1.165, 1.54) is 37.3 Å². The fraction of sp³-hybridized carbons (Fsp3) is 0.333. The van der Waals surface area contributed by atoms with Gasteiger partial charge in [0.15, 0.2) is 11.5 Å². The van der Waals surface area contributed by atoms with Crippen LogP contribution in [-0.2, 0) is 32.6 Å². The first kappa shape index (κ1) is 37.0. The number of anilines is 1. The predicted molar refractivity (Wildman–Crippen MR) is 194 cm³/mol. The van der Waals surface area contributed by atoms with Gasteiger partial charge in [0.05, 0.1) is 24.8 Å². The molecule has 0 spiro atoms. The van der Waals surface area contributed by atoms with Gasteiger partial charge >= 0.3 is 0 Å². The number of rotatable bonds is 13. The number of hydrogen-bond donors (Lipinski definition) is 1. The van der Waals surface area contributed by atoms with Crippen LogP contribution in [0.2, 0.25) is 0 Å². The highest BCUT2D eigenvalue weighted by Crippen LogP contribution is 2.33. The SMILES string of the molecule is COc1ccc(S(=O)(=O)N(CC(=O)N(Cc2cccc(C)c2)[C@H](Cc2ccccc2)C(=O)NC(C)(C)C)c2cc(C)cc(C)c2)cc1OC. The first-order chi connectivity index (χ1) is 23.1. The van der Waals surface area contributed by atoms with Gasteiger partial charge < -0.3 is 19.7 Å². The van der Waals surface area contributed by atoms with Crippen molar-refractivity contribution in [2.75, 3.05) is 25.1 Å². The van der Waals surface area contributed by atoms with E-state index in [-0.39, 0.29) is 29.5 Å². The minimum absolute atomic E-state index is 0.0753. The van der Waals surface area contributed by atoms with Gasteiger partial charge in [0.2, 0.25) is 11.8 Å². The van der Waals surface area contributed by atoms with Gasteiger partial charge in [-0.05, 0) is 88.1 Å². The number of ether oxygens (including phenoxy) is 2. The second-order valence-corrected chi connectivity index (χ2v) is 15.2. The highest BCUT2D eigenvalue weighted by atomic mass is 32.2. The Balaban J connectivity index is 1.87. The van der Waals surface area contributed by atoms with E-state index in [0.29, 0.717) is 11.4 Å². The second kappa shape index (κ2) is 15.6. The molecule has 4 rings (SSSR count). The molecule has 0 saturated carbocycles. The van der Waals surface area contributed by atoms with E-state index < -0.39 is 34.1 Å². The lowest BCUT2D eigenvalue weighted by Crippen LogP contribution is -2.56. The Bertz CT molecular complexity index is 1870. The third-order valence-corrected chi connectivity index (χ3v) is 9.69. The Kier molecular flexibility index (Phi) is 11.8. The molecule has 2 amide bonds. The summed E-state index contributed by atoms with van der Waals surface area (Å²) in [4.78, 5) is 30.3. The molecule has 1 atom stereocenters. The summed E-state index contributed by atoms with van der Waals surface area (Å²) in [7, 11) is -1.44. The van der Waals surface area contributed by atoms with Crippen molar-refractivity contribution < 1.29 is 27.5 Å². The Morgan fingerprint density at radius 3 is 1.98 bits per heavy atom. The molecule has 0 aliphatic carbocycles. The Morgan fingerprint density at radius 1 is 0.755 bits per heavy atom. The molecule has 10 heteroatoms. The molecule has 0 aliphatic heterocycles. The highest BCUT2D eigenvalue weighted by molar-refractivity contribution is 7.92. The average Bonchev–Trinajstić information content (AvgIpc) is 3.03. The molecule has 4 aromatic carbocycles. The van der Waals surface area contributed by atoms with Gasteiger partial charge in [0.1, 0.15) is 12.6 Å². The first-order valence-electron chi connectivity index (χ1n) is 16.2. The maximum absolute atomic E-state index is 14.8. The van der Waals surface area contributed by atoms with Crippen molar-refractivity contribution in [1.82, 2.24) is 10.2 Å². The number of carbonyl (C=O) groups is 2. The Morgan fingerprint density at radius 2 is 1.39 bits per heavy atom. The number of sulfonamides is 1. The van der Waals surface area contributed by atoms with E-state index in [9.17, 15) is 18.0 Å². The fourth-order valence-corrected chi connectivity index (χ4v) is 7.16. The minimum atomic E-state index is -4.34. The quantitative estimate of drug-likeness (QED) is 0.175. The van der Waals surface area contributed by atoms with Crippen LogP contribution in [0.3, 0.4) is 0 Å². The number of carbonyl (C=O) groups excluding carboxylic acids is 2. The Hall–Kier alpha value is -4.83. The summed E-state index contributed by atoms with van der Waals surface area (Å²) in [6, 6.07) is 26.0. The topological polar surface area (TPSA) is 105 Å². The summed E-state index contributed by atoms with van der Waals surface area (Å²) >= 11 is 0. The number of benzene rings is 4. The van der Waals surface area contributed by atoms with Gasteiger partial charge in [0.25, 0.3) is 10.0 Å². The molecule has 0 bridgehead atoms. The van der Waals surface area contributed by atoms with Crippen LogP contribution in [0.1, 0.15) is 48.6 Å². The molecule has 260 valence electrons. The van der Waals surface area contributed by atoms with Crippen LogP contribution in [0.15, 0.2) is 95.9 Å². The molecule has 1 N–H and O–H groups in total. The second-order valence-electron chi connectivity index (χ2n) is 13.3. The van der Waals surface area contributed by atoms with Crippen LogP contribution < -0.4 is 19.1 Å². The van der Waals surface area contributed by atoms with Crippen LogP contribution in [0, 0.1) is 20.8 Å². The molecule has 9 nitrogen and oxygen atoms in total. The number of nitrogens with zero attached hydrogens (tertiary/aromatic N) is 2. The summed E-state index contributed by atoms with van der Waals surface area (Å²) in [6.45, 7) is 10.9. The first-order valence-corrected chi connectivity index (χ1v) is 17.6. The van der Waals surface area contributed by atoms with Crippen molar-refractivity contribution in [3.8, 4) is 11.5 Å². The number of hydrogen-bond acceptors (Lipinski definition) is 6. The van der Waals surface area contributed by atoms with Gasteiger partial charge in [-0.15, -0.1) is 0 Å². The highest BCUT2D eigenvalue weighted by Gasteiger charge is 2.36. The maximum atomic E-state index is 14.8. The fourth-order valence-electron chi connectivity index (χ4n) is 5.74. The van der Waals surface area contributed by atoms with E-state index in [4.69, 9.17) is 9.47 Å².